The first-order chi connectivity index (χ1) is 12.3. The van der Waals surface area contributed by atoms with E-state index in [1.54, 1.807) is 12.2 Å². The molecule has 1 aromatic rings. The molecule has 4 rings (SSSR count). The maximum absolute atomic E-state index is 12.1. The van der Waals surface area contributed by atoms with Crippen LogP contribution in [0.4, 0.5) is 0 Å². The molecule has 0 saturated heterocycles. The zero-order valence-electron chi connectivity index (χ0n) is 15.0. The van der Waals surface area contributed by atoms with Crippen molar-refractivity contribution in [2.75, 3.05) is 5.75 Å². The summed E-state index contributed by atoms with van der Waals surface area (Å²) in [6.45, 7) is 3.81. The van der Waals surface area contributed by atoms with E-state index in [4.69, 9.17) is 4.65 Å². The second-order valence-electron chi connectivity index (χ2n) is 7.68. The average Bonchev–Trinajstić information content (AvgIpc) is 2.99. The van der Waals surface area contributed by atoms with Gasteiger partial charge >= 0.3 is 7.12 Å². The summed E-state index contributed by atoms with van der Waals surface area (Å²) in [7, 11) is -4.24. The van der Waals surface area contributed by atoms with Gasteiger partial charge in [-0.3, -0.25) is 4.98 Å². The first-order valence-corrected chi connectivity index (χ1v) is 10.7. The highest BCUT2D eigenvalue weighted by atomic mass is 32.2. The van der Waals surface area contributed by atoms with Gasteiger partial charge in [-0.2, -0.15) is 0 Å². The van der Waals surface area contributed by atoms with Crippen LogP contribution >= 0.6 is 0 Å². The molecule has 26 heavy (non-hydrogen) atoms. The average molecular weight is 374 g/mol. The quantitative estimate of drug-likeness (QED) is 0.769. The molecule has 0 amide bonds. The molecule has 1 saturated carbocycles. The predicted molar refractivity (Wildman–Crippen MR) is 102 cm³/mol. The topological polar surface area (TPSA) is 88.5 Å². The first-order valence-electron chi connectivity index (χ1n) is 9.07. The molecule has 138 valence electrons. The summed E-state index contributed by atoms with van der Waals surface area (Å²) in [6, 6.07) is 0. The van der Waals surface area contributed by atoms with Crippen molar-refractivity contribution in [1.82, 2.24) is 9.71 Å². The SMILES string of the molecule is CCCS(=O)(=O)NC1(C)CC(C2=CB(O)Oc3cnc4c(c32)C=CC4)C1. The minimum atomic E-state index is -3.25. The fourth-order valence-electron chi connectivity index (χ4n) is 4.33. The molecule has 6 nitrogen and oxygen atoms in total. The van der Waals surface area contributed by atoms with Gasteiger partial charge in [0.1, 0.15) is 5.75 Å². The summed E-state index contributed by atoms with van der Waals surface area (Å²) in [4.78, 5) is 4.42. The third-order valence-electron chi connectivity index (χ3n) is 5.33. The summed E-state index contributed by atoms with van der Waals surface area (Å²) in [6.07, 6.45) is 8.62. The highest BCUT2D eigenvalue weighted by molar-refractivity contribution is 7.89. The van der Waals surface area contributed by atoms with E-state index in [1.165, 1.54) is 0 Å². The van der Waals surface area contributed by atoms with E-state index >= 15 is 0 Å². The van der Waals surface area contributed by atoms with E-state index in [0.29, 0.717) is 25.0 Å². The van der Waals surface area contributed by atoms with Crippen molar-refractivity contribution >= 4 is 28.8 Å². The van der Waals surface area contributed by atoms with E-state index in [-0.39, 0.29) is 11.7 Å². The van der Waals surface area contributed by atoms with Gasteiger partial charge < -0.3 is 9.68 Å². The molecule has 0 atom stereocenters. The van der Waals surface area contributed by atoms with Gasteiger partial charge in [-0.15, -0.1) is 0 Å². The lowest BCUT2D eigenvalue weighted by molar-refractivity contribution is 0.192. The maximum atomic E-state index is 12.1. The Labute approximate surface area is 154 Å². The molecule has 0 aromatic carbocycles. The molecule has 0 unspecified atom stereocenters. The lowest BCUT2D eigenvalue weighted by Crippen LogP contribution is -2.55. The van der Waals surface area contributed by atoms with E-state index < -0.39 is 22.7 Å². The number of rotatable bonds is 5. The number of hydrogen-bond acceptors (Lipinski definition) is 5. The summed E-state index contributed by atoms with van der Waals surface area (Å²) in [5, 5.41) is 10.1. The molecule has 0 spiro atoms. The van der Waals surface area contributed by atoms with Crippen LogP contribution in [0.25, 0.3) is 11.6 Å². The highest BCUT2D eigenvalue weighted by Gasteiger charge is 2.46. The van der Waals surface area contributed by atoms with Gasteiger partial charge in [0.25, 0.3) is 0 Å². The van der Waals surface area contributed by atoms with Crippen LogP contribution in [-0.4, -0.2) is 36.8 Å². The lowest BCUT2D eigenvalue weighted by Gasteiger charge is -2.47. The Balaban J connectivity index is 1.59. The third-order valence-corrected chi connectivity index (χ3v) is 7.08. The van der Waals surface area contributed by atoms with Crippen LogP contribution in [0.2, 0.25) is 0 Å². The van der Waals surface area contributed by atoms with Crippen LogP contribution in [0.5, 0.6) is 5.75 Å². The number of fused-ring (bicyclic) bond motifs is 3. The van der Waals surface area contributed by atoms with E-state index in [0.717, 1.165) is 28.8 Å². The largest absolute Gasteiger partial charge is 0.552 e. The number of pyridine rings is 1. The lowest BCUT2D eigenvalue weighted by atomic mass is 9.63. The second kappa shape index (κ2) is 6.21. The van der Waals surface area contributed by atoms with Crippen molar-refractivity contribution in [3.8, 4) is 5.75 Å². The standard InChI is InChI=1S/C18H23BN2O4S/c1-3-7-26(23,24)21-18(2)8-12(9-18)14-10-19(22)25-16-11-20-15-6-4-5-13(15)17(14)16/h4-5,10-12,21-22H,3,6-9H2,1-2H3. The molecule has 1 fully saturated rings. The Morgan fingerprint density at radius 3 is 2.96 bits per heavy atom. The Morgan fingerprint density at radius 1 is 1.46 bits per heavy atom. The Hall–Kier alpha value is -1.64. The van der Waals surface area contributed by atoms with Gasteiger partial charge in [0, 0.05) is 23.1 Å². The summed E-state index contributed by atoms with van der Waals surface area (Å²) < 4.78 is 32.6. The van der Waals surface area contributed by atoms with Crippen LogP contribution in [0.3, 0.4) is 0 Å². The van der Waals surface area contributed by atoms with Crippen LogP contribution in [0.15, 0.2) is 18.2 Å². The van der Waals surface area contributed by atoms with Gasteiger partial charge in [-0.25, -0.2) is 13.1 Å². The molecule has 0 radical (unpaired) electrons. The fraction of sp³-hybridized carbons (Fsp3) is 0.500. The molecule has 2 N–H and O–H groups in total. The van der Waals surface area contributed by atoms with Gasteiger partial charge in [-0.05, 0) is 43.7 Å². The molecule has 1 aliphatic heterocycles. The third kappa shape index (κ3) is 3.10. The molecule has 8 heteroatoms. The molecule has 2 aliphatic carbocycles. The van der Waals surface area contributed by atoms with Crippen molar-refractivity contribution in [3.05, 3.63) is 35.1 Å². The van der Waals surface area contributed by atoms with E-state index in [9.17, 15) is 13.4 Å². The molecule has 1 aromatic heterocycles. The van der Waals surface area contributed by atoms with E-state index in [1.807, 2.05) is 13.8 Å². The highest BCUT2D eigenvalue weighted by Crippen LogP contribution is 2.50. The molecular weight excluding hydrogens is 351 g/mol. The number of nitrogens with one attached hydrogen (secondary N) is 1. The van der Waals surface area contributed by atoms with Crippen molar-refractivity contribution in [2.24, 2.45) is 5.92 Å². The Morgan fingerprint density at radius 2 is 2.23 bits per heavy atom. The maximum Gasteiger partial charge on any atom is 0.552 e. The Kier molecular flexibility index (Phi) is 4.25. The van der Waals surface area contributed by atoms with Crippen molar-refractivity contribution < 1.29 is 18.1 Å². The smallest absolute Gasteiger partial charge is 0.531 e. The summed E-state index contributed by atoms with van der Waals surface area (Å²) >= 11 is 0. The van der Waals surface area contributed by atoms with Gasteiger partial charge in [0.2, 0.25) is 10.0 Å². The zero-order valence-corrected chi connectivity index (χ0v) is 15.8. The van der Waals surface area contributed by atoms with Crippen LogP contribution in [-0.2, 0) is 16.4 Å². The number of nitrogens with zero attached hydrogens (tertiary/aromatic N) is 1. The van der Waals surface area contributed by atoms with Crippen molar-refractivity contribution in [1.29, 1.82) is 0 Å². The van der Waals surface area contributed by atoms with Crippen molar-refractivity contribution in [2.45, 2.75) is 45.1 Å². The summed E-state index contributed by atoms with van der Waals surface area (Å²) in [5.41, 5.74) is 3.67. The van der Waals surface area contributed by atoms with Crippen LogP contribution in [0.1, 0.15) is 49.9 Å². The van der Waals surface area contributed by atoms with Gasteiger partial charge in [-0.1, -0.05) is 19.1 Å². The molecule has 0 bridgehead atoms. The number of sulfonamides is 1. The van der Waals surface area contributed by atoms with Crippen molar-refractivity contribution in [3.63, 3.8) is 0 Å². The monoisotopic (exact) mass is 374 g/mol. The minimum Gasteiger partial charge on any atom is -0.531 e. The van der Waals surface area contributed by atoms with Crippen LogP contribution < -0.4 is 9.38 Å². The number of allylic oxidation sites excluding steroid dienone is 2. The number of hydrogen-bond donors (Lipinski definition) is 2. The van der Waals surface area contributed by atoms with Gasteiger partial charge in [0.05, 0.1) is 17.6 Å². The molecule has 2 heterocycles. The van der Waals surface area contributed by atoms with Gasteiger partial charge in [0.15, 0.2) is 0 Å². The molecule has 3 aliphatic rings. The summed E-state index contributed by atoms with van der Waals surface area (Å²) in [5.74, 6) is 2.68. The normalized spacial score (nSPS) is 26.7. The minimum absolute atomic E-state index is 0.148. The second-order valence-corrected chi connectivity index (χ2v) is 9.52. The van der Waals surface area contributed by atoms with E-state index in [2.05, 4.69) is 21.9 Å². The fourth-order valence-corrected chi connectivity index (χ4v) is 5.89. The van der Waals surface area contributed by atoms with Crippen LogP contribution in [0, 0.1) is 5.92 Å². The number of aromatic nitrogens is 1. The first kappa shape index (κ1) is 17.8. The predicted octanol–water partition coefficient (Wildman–Crippen LogP) is 1.94. The molecular formula is C18H23BN2O4S. The Bertz CT molecular complexity index is 904. The zero-order chi connectivity index (χ0) is 18.5.